The molecular weight excluding hydrogens is 274 g/mol. The van der Waals surface area contributed by atoms with Crippen molar-refractivity contribution in [2.45, 2.75) is 32.7 Å². The average molecular weight is 299 g/mol. The summed E-state index contributed by atoms with van der Waals surface area (Å²) in [5.41, 5.74) is 2.26. The zero-order chi connectivity index (χ0) is 15.2. The first-order valence-electron chi connectivity index (χ1n) is 6.95. The number of hydrogen-bond acceptors (Lipinski definition) is 4. The molecule has 20 heavy (non-hydrogen) atoms. The lowest BCUT2D eigenvalue weighted by molar-refractivity contribution is 0.398. The van der Waals surface area contributed by atoms with Gasteiger partial charge in [0, 0.05) is 17.4 Å². The van der Waals surface area contributed by atoms with Gasteiger partial charge in [-0.2, -0.15) is 0 Å². The third-order valence-corrected chi connectivity index (χ3v) is 5.29. The second-order valence-electron chi connectivity index (χ2n) is 4.97. The highest BCUT2D eigenvalue weighted by molar-refractivity contribution is 7.91. The van der Waals surface area contributed by atoms with E-state index in [2.05, 4.69) is 11.4 Å². The van der Waals surface area contributed by atoms with Crippen LogP contribution in [0.3, 0.4) is 0 Å². The lowest BCUT2D eigenvalue weighted by atomic mass is 9.99. The van der Waals surface area contributed by atoms with Crippen LogP contribution in [-0.2, 0) is 9.84 Å². The van der Waals surface area contributed by atoms with Crippen LogP contribution in [0.1, 0.15) is 36.9 Å². The number of benzene rings is 1. The largest absolute Gasteiger partial charge is 0.496 e. The first-order valence-corrected chi connectivity index (χ1v) is 8.78. The lowest BCUT2D eigenvalue weighted by Crippen LogP contribution is -2.19. The predicted molar refractivity (Wildman–Crippen MR) is 83.1 cm³/mol. The first kappa shape index (κ1) is 17.0. The third kappa shape index (κ3) is 4.80. The van der Waals surface area contributed by atoms with Crippen LogP contribution in [0, 0.1) is 6.92 Å². The van der Waals surface area contributed by atoms with Crippen molar-refractivity contribution in [3.63, 3.8) is 0 Å². The lowest BCUT2D eigenvalue weighted by Gasteiger charge is -2.20. The van der Waals surface area contributed by atoms with Gasteiger partial charge in [0.25, 0.3) is 0 Å². The molecule has 1 unspecified atom stereocenters. The molecule has 1 atom stereocenters. The summed E-state index contributed by atoms with van der Waals surface area (Å²) in [5.74, 6) is 1.30. The fraction of sp³-hybridized carbons (Fsp3) is 0.600. The molecule has 0 aliphatic heterocycles. The van der Waals surface area contributed by atoms with E-state index < -0.39 is 9.84 Å². The summed E-state index contributed by atoms with van der Waals surface area (Å²) in [6.45, 7) is 3.73. The molecule has 114 valence electrons. The van der Waals surface area contributed by atoms with Crippen molar-refractivity contribution in [3.8, 4) is 5.75 Å². The molecule has 0 saturated carbocycles. The minimum atomic E-state index is -2.89. The number of ether oxygens (including phenoxy) is 1. The van der Waals surface area contributed by atoms with Gasteiger partial charge in [-0.3, -0.25) is 0 Å². The SMILES string of the molecule is CCS(=O)(=O)CCCC(NC)c1cc(C)ccc1OC. The van der Waals surface area contributed by atoms with Gasteiger partial charge in [0.15, 0.2) is 0 Å². The molecule has 5 heteroatoms. The molecule has 0 heterocycles. The van der Waals surface area contributed by atoms with Gasteiger partial charge in [-0.1, -0.05) is 24.6 Å². The molecule has 4 nitrogen and oxygen atoms in total. The number of methoxy groups -OCH3 is 1. The molecule has 0 amide bonds. The molecular formula is C15H25NO3S. The van der Waals surface area contributed by atoms with E-state index in [4.69, 9.17) is 4.74 Å². The number of sulfone groups is 1. The molecule has 0 aliphatic carbocycles. The van der Waals surface area contributed by atoms with Gasteiger partial charge >= 0.3 is 0 Å². The van der Waals surface area contributed by atoms with Crippen molar-refractivity contribution in [2.75, 3.05) is 25.7 Å². The van der Waals surface area contributed by atoms with Crippen molar-refractivity contribution in [2.24, 2.45) is 0 Å². The second-order valence-corrected chi connectivity index (χ2v) is 7.44. The van der Waals surface area contributed by atoms with Crippen molar-refractivity contribution in [3.05, 3.63) is 29.3 Å². The minimum Gasteiger partial charge on any atom is -0.496 e. The highest BCUT2D eigenvalue weighted by Crippen LogP contribution is 2.29. The van der Waals surface area contributed by atoms with Gasteiger partial charge in [0.05, 0.1) is 12.9 Å². The van der Waals surface area contributed by atoms with E-state index in [-0.39, 0.29) is 17.5 Å². The standard InChI is InChI=1S/C15H25NO3S/c1-5-20(17,18)10-6-7-14(16-3)13-11-12(2)8-9-15(13)19-4/h8-9,11,14,16H,5-7,10H2,1-4H3. The highest BCUT2D eigenvalue weighted by atomic mass is 32.2. The predicted octanol–water partition coefficient (Wildman–Crippen LogP) is 2.48. The Hall–Kier alpha value is -1.07. The Morgan fingerprint density at radius 2 is 2.05 bits per heavy atom. The van der Waals surface area contributed by atoms with Crippen molar-refractivity contribution >= 4 is 9.84 Å². The number of hydrogen-bond donors (Lipinski definition) is 1. The van der Waals surface area contributed by atoms with Crippen LogP contribution in [0.4, 0.5) is 0 Å². The Morgan fingerprint density at radius 3 is 2.60 bits per heavy atom. The summed E-state index contributed by atoms with van der Waals surface area (Å²) < 4.78 is 28.5. The maximum Gasteiger partial charge on any atom is 0.150 e. The first-order chi connectivity index (χ1) is 9.43. The van der Waals surface area contributed by atoms with Crippen molar-refractivity contribution < 1.29 is 13.2 Å². The Kier molecular flexibility index (Phi) is 6.49. The molecule has 0 bridgehead atoms. The van der Waals surface area contributed by atoms with Crippen LogP contribution in [0.15, 0.2) is 18.2 Å². The van der Waals surface area contributed by atoms with Gasteiger partial charge in [-0.05, 0) is 32.9 Å². The van der Waals surface area contributed by atoms with E-state index in [0.717, 1.165) is 17.7 Å². The smallest absolute Gasteiger partial charge is 0.150 e. The minimum absolute atomic E-state index is 0.108. The molecule has 0 radical (unpaired) electrons. The molecule has 0 spiro atoms. The molecule has 1 aromatic rings. The van der Waals surface area contributed by atoms with Gasteiger partial charge in [0.2, 0.25) is 0 Å². The van der Waals surface area contributed by atoms with Crippen LogP contribution in [0.2, 0.25) is 0 Å². The summed E-state index contributed by atoms with van der Waals surface area (Å²) in [7, 11) is 0.656. The van der Waals surface area contributed by atoms with Gasteiger partial charge in [0.1, 0.15) is 15.6 Å². The Labute approximate surface area is 122 Å². The number of aryl methyl sites for hydroxylation is 1. The second kappa shape index (κ2) is 7.64. The Morgan fingerprint density at radius 1 is 1.35 bits per heavy atom. The molecule has 0 aromatic heterocycles. The van der Waals surface area contributed by atoms with Crippen LogP contribution in [0.25, 0.3) is 0 Å². The average Bonchev–Trinajstić information content (AvgIpc) is 2.43. The van der Waals surface area contributed by atoms with Gasteiger partial charge in [-0.25, -0.2) is 8.42 Å². The monoisotopic (exact) mass is 299 g/mol. The summed E-state index contributed by atoms with van der Waals surface area (Å²) in [5, 5.41) is 3.25. The molecule has 0 saturated heterocycles. The van der Waals surface area contributed by atoms with Crippen molar-refractivity contribution in [1.82, 2.24) is 5.32 Å². The van der Waals surface area contributed by atoms with Crippen molar-refractivity contribution in [1.29, 1.82) is 0 Å². The molecule has 0 aliphatic rings. The number of nitrogens with one attached hydrogen (secondary N) is 1. The molecule has 1 N–H and O–H groups in total. The highest BCUT2D eigenvalue weighted by Gasteiger charge is 2.16. The van der Waals surface area contributed by atoms with Gasteiger partial charge < -0.3 is 10.1 Å². The third-order valence-electron chi connectivity index (χ3n) is 3.50. The van der Waals surface area contributed by atoms with Crippen LogP contribution >= 0.6 is 0 Å². The quantitative estimate of drug-likeness (QED) is 0.801. The summed E-state index contributed by atoms with van der Waals surface area (Å²) in [6, 6.07) is 6.17. The van der Waals surface area contributed by atoms with Gasteiger partial charge in [-0.15, -0.1) is 0 Å². The summed E-state index contributed by atoms with van der Waals surface area (Å²) in [4.78, 5) is 0. The normalized spacial score (nSPS) is 13.2. The zero-order valence-corrected chi connectivity index (χ0v) is 13.6. The van der Waals surface area contributed by atoms with Crippen LogP contribution < -0.4 is 10.1 Å². The van der Waals surface area contributed by atoms with E-state index in [1.165, 1.54) is 5.56 Å². The van der Waals surface area contributed by atoms with Crippen LogP contribution in [0.5, 0.6) is 5.75 Å². The van der Waals surface area contributed by atoms with E-state index in [1.807, 2.05) is 26.1 Å². The zero-order valence-electron chi connectivity index (χ0n) is 12.8. The topological polar surface area (TPSA) is 55.4 Å². The maximum absolute atomic E-state index is 11.5. The van der Waals surface area contributed by atoms with E-state index in [9.17, 15) is 8.42 Å². The Balaban J connectivity index is 2.78. The fourth-order valence-corrected chi connectivity index (χ4v) is 3.13. The van der Waals surface area contributed by atoms with E-state index >= 15 is 0 Å². The maximum atomic E-state index is 11.5. The summed E-state index contributed by atoms with van der Waals surface area (Å²) >= 11 is 0. The number of rotatable bonds is 8. The molecule has 0 fully saturated rings. The summed E-state index contributed by atoms with van der Waals surface area (Å²) in [6.07, 6.45) is 1.42. The molecule has 1 aromatic carbocycles. The van der Waals surface area contributed by atoms with Crippen LogP contribution in [-0.4, -0.2) is 34.1 Å². The Bertz CT molecular complexity index is 526. The van der Waals surface area contributed by atoms with E-state index in [1.54, 1.807) is 14.0 Å². The fourth-order valence-electron chi connectivity index (χ4n) is 2.23. The van der Waals surface area contributed by atoms with E-state index in [0.29, 0.717) is 6.42 Å². The molecule has 1 rings (SSSR count).